The van der Waals surface area contributed by atoms with Gasteiger partial charge in [0.25, 0.3) is 0 Å². The first-order valence-corrected chi connectivity index (χ1v) is 14.5. The Hall–Kier alpha value is -3.76. The van der Waals surface area contributed by atoms with Crippen molar-refractivity contribution in [1.29, 1.82) is 0 Å². The molecular formula is C30H34ClN7O3. The average molecular weight is 576 g/mol. The summed E-state index contributed by atoms with van der Waals surface area (Å²) < 4.78 is 2.04. The van der Waals surface area contributed by atoms with Crippen LogP contribution in [0.15, 0.2) is 42.7 Å². The van der Waals surface area contributed by atoms with Gasteiger partial charge in [0.1, 0.15) is 5.82 Å². The zero-order valence-corrected chi connectivity index (χ0v) is 24.1. The van der Waals surface area contributed by atoms with Gasteiger partial charge in [0.15, 0.2) is 0 Å². The van der Waals surface area contributed by atoms with Crippen LogP contribution in [0.25, 0.3) is 11.1 Å². The van der Waals surface area contributed by atoms with E-state index in [0.717, 1.165) is 67.0 Å². The minimum absolute atomic E-state index is 0.0400. The topological polar surface area (TPSA) is 112 Å². The number of fused-ring (bicyclic) bond motifs is 1. The number of nitrogens with zero attached hydrogens (tertiary/aromatic N) is 5. The summed E-state index contributed by atoms with van der Waals surface area (Å²) in [6.07, 6.45) is 6.08. The number of pyridine rings is 1. The summed E-state index contributed by atoms with van der Waals surface area (Å²) in [5.74, 6) is 0.0780. The van der Waals surface area contributed by atoms with Crippen LogP contribution in [0.1, 0.15) is 44.4 Å². The number of rotatable bonds is 6. The van der Waals surface area contributed by atoms with E-state index < -0.39 is 0 Å². The maximum atomic E-state index is 13.2. The Balaban J connectivity index is 1.08. The van der Waals surface area contributed by atoms with Gasteiger partial charge in [-0.05, 0) is 55.5 Å². The molecule has 0 aliphatic carbocycles. The van der Waals surface area contributed by atoms with Crippen molar-refractivity contribution in [3.63, 3.8) is 0 Å². The van der Waals surface area contributed by atoms with Gasteiger partial charge in [-0.3, -0.25) is 29.4 Å². The number of anilines is 2. The molecule has 0 unspecified atom stereocenters. The fourth-order valence-corrected chi connectivity index (χ4v) is 6.32. The molecule has 0 bridgehead atoms. The number of amides is 4. The molecule has 4 amide bonds. The standard InChI is InChI=1S/C30H34ClN7O3/c1-30(2)14-25-22(15-33-38(25)18-30)21-13-26(32-16-23(21)31)34-28(40)19-7-10-36(11-8-19)17-20-5-3-4-6-24(20)37-12-9-27(39)35-29(37)41/h3-6,13,15-16,19H,7-12,14,17-18H2,1-2H3,(H,32,34,40)(H,35,39,41). The van der Waals surface area contributed by atoms with E-state index in [1.54, 1.807) is 11.1 Å². The monoisotopic (exact) mass is 575 g/mol. The summed E-state index contributed by atoms with van der Waals surface area (Å²) in [6, 6.07) is 9.25. The number of nitrogens with one attached hydrogen (secondary N) is 2. The van der Waals surface area contributed by atoms with Gasteiger partial charge < -0.3 is 5.32 Å². The van der Waals surface area contributed by atoms with Crippen LogP contribution >= 0.6 is 11.6 Å². The van der Waals surface area contributed by atoms with Crippen LogP contribution in [0.3, 0.4) is 0 Å². The third kappa shape index (κ3) is 5.71. The minimum atomic E-state index is -0.385. The van der Waals surface area contributed by atoms with Gasteiger partial charge in [0, 0.05) is 60.7 Å². The predicted octanol–water partition coefficient (Wildman–Crippen LogP) is 4.48. The second kappa shape index (κ2) is 10.9. The highest BCUT2D eigenvalue weighted by molar-refractivity contribution is 6.33. The second-order valence-corrected chi connectivity index (χ2v) is 12.4. The third-order valence-corrected chi connectivity index (χ3v) is 8.56. The van der Waals surface area contributed by atoms with Crippen LogP contribution in [0, 0.1) is 11.3 Å². The summed E-state index contributed by atoms with van der Waals surface area (Å²) >= 11 is 6.55. The van der Waals surface area contributed by atoms with Gasteiger partial charge in [-0.1, -0.05) is 43.6 Å². The molecule has 2 aromatic heterocycles. The number of para-hydroxylation sites is 1. The van der Waals surface area contributed by atoms with Crippen molar-refractivity contribution in [3.05, 3.63) is 59.0 Å². The van der Waals surface area contributed by atoms with Crippen molar-refractivity contribution >= 4 is 41.0 Å². The molecule has 3 aliphatic heterocycles. The number of hydrogen-bond donors (Lipinski definition) is 2. The second-order valence-electron chi connectivity index (χ2n) is 12.0. The summed E-state index contributed by atoms with van der Waals surface area (Å²) in [6.45, 7) is 7.87. The lowest BCUT2D eigenvalue weighted by Crippen LogP contribution is -2.50. The lowest BCUT2D eigenvalue weighted by atomic mass is 9.89. The summed E-state index contributed by atoms with van der Waals surface area (Å²) in [5.41, 5.74) is 4.96. The zero-order valence-electron chi connectivity index (χ0n) is 23.3. The van der Waals surface area contributed by atoms with Gasteiger partial charge in [-0.25, -0.2) is 9.78 Å². The number of benzene rings is 1. The van der Waals surface area contributed by atoms with E-state index >= 15 is 0 Å². The van der Waals surface area contributed by atoms with Gasteiger partial charge in [0.05, 0.1) is 11.2 Å². The van der Waals surface area contributed by atoms with E-state index in [0.29, 0.717) is 23.9 Å². The van der Waals surface area contributed by atoms with Crippen LogP contribution in [0.4, 0.5) is 16.3 Å². The molecule has 3 aliphatic rings. The van der Waals surface area contributed by atoms with Crippen LogP contribution in [-0.2, 0) is 29.1 Å². The molecule has 0 spiro atoms. The van der Waals surface area contributed by atoms with Crippen molar-refractivity contribution in [2.45, 2.75) is 52.6 Å². The summed E-state index contributed by atoms with van der Waals surface area (Å²) in [5, 5.41) is 10.5. The highest BCUT2D eigenvalue weighted by atomic mass is 35.5. The van der Waals surface area contributed by atoms with Gasteiger partial charge in [-0.15, -0.1) is 0 Å². The third-order valence-electron chi connectivity index (χ3n) is 8.26. The Kier molecular flexibility index (Phi) is 7.29. The van der Waals surface area contributed by atoms with Crippen LogP contribution < -0.4 is 15.5 Å². The molecule has 1 aromatic carbocycles. The van der Waals surface area contributed by atoms with Gasteiger partial charge in [0.2, 0.25) is 11.8 Å². The van der Waals surface area contributed by atoms with E-state index in [-0.39, 0.29) is 35.6 Å². The molecule has 0 atom stereocenters. The minimum Gasteiger partial charge on any atom is -0.310 e. The fraction of sp³-hybridized carbons (Fsp3) is 0.433. The van der Waals surface area contributed by atoms with E-state index in [2.05, 4.69) is 39.5 Å². The Morgan fingerprint density at radius 3 is 2.68 bits per heavy atom. The summed E-state index contributed by atoms with van der Waals surface area (Å²) in [4.78, 5) is 45.5. The molecule has 6 rings (SSSR count). The Labute approximate surface area is 244 Å². The van der Waals surface area contributed by atoms with Crippen LogP contribution in [0.2, 0.25) is 5.02 Å². The van der Waals surface area contributed by atoms with E-state index in [1.165, 1.54) is 0 Å². The number of likely N-dealkylation sites (tertiary alicyclic amines) is 1. The maximum Gasteiger partial charge on any atom is 0.328 e. The van der Waals surface area contributed by atoms with Crippen molar-refractivity contribution in [1.82, 2.24) is 25.0 Å². The first-order valence-electron chi connectivity index (χ1n) is 14.1. The molecule has 0 saturated carbocycles. The van der Waals surface area contributed by atoms with Crippen molar-refractivity contribution in [3.8, 4) is 11.1 Å². The molecule has 10 nitrogen and oxygen atoms in total. The summed E-state index contributed by atoms with van der Waals surface area (Å²) in [7, 11) is 0. The van der Waals surface area contributed by atoms with E-state index in [1.807, 2.05) is 41.2 Å². The molecule has 41 heavy (non-hydrogen) atoms. The SMILES string of the molecule is CC1(C)Cc2c(-c3cc(NC(=O)C4CCN(Cc5ccccc5N5CCC(=O)NC5=O)CC4)ncc3Cl)cnn2C1. The number of carbonyl (C=O) groups excluding carboxylic acids is 3. The van der Waals surface area contributed by atoms with Crippen LogP contribution in [-0.4, -0.2) is 57.1 Å². The number of imide groups is 1. The molecule has 5 heterocycles. The average Bonchev–Trinajstić information content (AvgIpc) is 3.45. The predicted molar refractivity (Wildman–Crippen MR) is 157 cm³/mol. The number of piperidine rings is 1. The molecule has 2 fully saturated rings. The van der Waals surface area contributed by atoms with Crippen LogP contribution in [0.5, 0.6) is 0 Å². The smallest absolute Gasteiger partial charge is 0.310 e. The number of aromatic nitrogens is 3. The lowest BCUT2D eigenvalue weighted by molar-refractivity contribution is -0.121. The number of halogens is 1. The highest BCUT2D eigenvalue weighted by Gasteiger charge is 2.33. The van der Waals surface area contributed by atoms with E-state index in [9.17, 15) is 14.4 Å². The Morgan fingerprint density at radius 2 is 1.90 bits per heavy atom. The van der Waals surface area contributed by atoms with Crippen molar-refractivity contribution in [2.75, 3.05) is 29.9 Å². The first kappa shape index (κ1) is 27.4. The molecule has 3 aromatic rings. The molecule has 11 heteroatoms. The highest BCUT2D eigenvalue weighted by Crippen LogP contribution is 2.39. The van der Waals surface area contributed by atoms with Gasteiger partial charge in [-0.2, -0.15) is 5.10 Å². The quantitative estimate of drug-likeness (QED) is 0.448. The van der Waals surface area contributed by atoms with Gasteiger partial charge >= 0.3 is 6.03 Å². The largest absolute Gasteiger partial charge is 0.328 e. The normalized spacial score (nSPS) is 19.2. The van der Waals surface area contributed by atoms with Crippen molar-refractivity contribution < 1.29 is 14.4 Å². The van der Waals surface area contributed by atoms with Crippen molar-refractivity contribution in [2.24, 2.45) is 11.3 Å². The van der Waals surface area contributed by atoms with E-state index in [4.69, 9.17) is 11.6 Å². The Morgan fingerprint density at radius 1 is 1.12 bits per heavy atom. The number of carbonyl (C=O) groups is 3. The first-order chi connectivity index (χ1) is 19.7. The lowest BCUT2D eigenvalue weighted by Gasteiger charge is -2.33. The maximum absolute atomic E-state index is 13.2. The molecule has 0 radical (unpaired) electrons. The zero-order chi connectivity index (χ0) is 28.7. The molecule has 214 valence electrons. The molecular weight excluding hydrogens is 542 g/mol. The Bertz CT molecular complexity index is 1510. The number of urea groups is 1. The molecule has 2 N–H and O–H groups in total. The number of hydrogen-bond acceptors (Lipinski definition) is 6. The molecule has 2 saturated heterocycles. The fourth-order valence-electron chi connectivity index (χ4n) is 6.11.